The van der Waals surface area contributed by atoms with Gasteiger partial charge in [0.05, 0.1) is 28.4 Å². The Morgan fingerprint density at radius 2 is 1.77 bits per heavy atom. The second-order valence-corrected chi connectivity index (χ2v) is 9.52. The molecule has 3 aromatic rings. The summed E-state index contributed by atoms with van der Waals surface area (Å²) >= 11 is 13.1. The van der Waals surface area contributed by atoms with Crippen molar-refractivity contribution in [3.8, 4) is 17.2 Å². The lowest BCUT2D eigenvalue weighted by molar-refractivity contribution is 0.0954. The Labute approximate surface area is 226 Å². The third kappa shape index (κ3) is 7.98. The maximum absolute atomic E-state index is 12.6. The molecule has 0 aliphatic rings. The van der Waals surface area contributed by atoms with Gasteiger partial charge in [0.15, 0.2) is 11.5 Å². The minimum atomic E-state index is -0.358. The Balaban J connectivity index is 1.64. The smallest absolute Gasteiger partial charge is 0.271 e. The van der Waals surface area contributed by atoms with Crippen LogP contribution in [0.1, 0.15) is 41.8 Å². The van der Waals surface area contributed by atoms with E-state index in [1.54, 1.807) is 24.4 Å². The van der Waals surface area contributed by atoms with E-state index in [-0.39, 0.29) is 5.91 Å². The highest BCUT2D eigenvalue weighted by Crippen LogP contribution is 2.35. The van der Waals surface area contributed by atoms with Gasteiger partial charge < -0.3 is 14.2 Å². The molecule has 1 N–H and O–H groups in total. The maximum atomic E-state index is 12.6. The van der Waals surface area contributed by atoms with E-state index in [2.05, 4.69) is 42.4 Å². The van der Waals surface area contributed by atoms with Crippen molar-refractivity contribution in [3.05, 3.63) is 85.3 Å². The van der Waals surface area contributed by atoms with Crippen LogP contribution in [0.5, 0.6) is 17.2 Å². The van der Waals surface area contributed by atoms with Crippen molar-refractivity contribution in [2.24, 2.45) is 5.10 Å². The number of hydrazone groups is 1. The summed E-state index contributed by atoms with van der Waals surface area (Å²) in [6.07, 6.45) is 2.43. The summed E-state index contributed by atoms with van der Waals surface area (Å²) in [5.41, 5.74) is 4.68. The SMILES string of the molecule is CCCOc1ccc(C(=O)N/N=C/c2cc(Br)c(OCc3cccc(Cl)c3)c(Br)c2)cc1OCC. The van der Waals surface area contributed by atoms with Crippen LogP contribution in [0.2, 0.25) is 5.02 Å². The van der Waals surface area contributed by atoms with Crippen molar-refractivity contribution in [1.82, 2.24) is 5.43 Å². The van der Waals surface area contributed by atoms with Crippen LogP contribution in [0.25, 0.3) is 0 Å². The van der Waals surface area contributed by atoms with E-state index in [0.29, 0.717) is 47.7 Å². The molecule has 0 aliphatic carbocycles. The van der Waals surface area contributed by atoms with Crippen LogP contribution in [-0.2, 0) is 6.61 Å². The van der Waals surface area contributed by atoms with E-state index in [1.807, 2.05) is 50.2 Å². The number of carbonyl (C=O) groups excluding carboxylic acids is 1. The van der Waals surface area contributed by atoms with E-state index in [9.17, 15) is 4.79 Å². The van der Waals surface area contributed by atoms with E-state index < -0.39 is 0 Å². The first kappa shape index (κ1) is 27.0. The number of halogens is 3. The van der Waals surface area contributed by atoms with Gasteiger partial charge in [-0.25, -0.2) is 5.43 Å². The molecule has 0 aliphatic heterocycles. The Hall–Kier alpha value is -2.55. The first-order valence-corrected chi connectivity index (χ1v) is 13.0. The molecular formula is C26H25Br2ClN2O4. The Morgan fingerprint density at radius 1 is 1.00 bits per heavy atom. The predicted octanol–water partition coefficient (Wildman–Crippen LogP) is 7.40. The normalized spacial score (nSPS) is 10.9. The summed E-state index contributed by atoms with van der Waals surface area (Å²) in [5.74, 6) is 1.43. The number of rotatable bonds is 11. The molecular weight excluding hydrogens is 600 g/mol. The van der Waals surface area contributed by atoms with Gasteiger partial charge >= 0.3 is 0 Å². The van der Waals surface area contributed by atoms with Gasteiger partial charge in [-0.1, -0.05) is 30.7 Å². The standard InChI is InChI=1S/C26H25Br2ClN2O4/c1-3-10-34-23-9-8-19(14-24(23)33-4-2)26(32)31-30-15-18-12-21(27)25(22(28)13-18)35-16-17-6-5-7-20(29)11-17/h5-9,11-15H,3-4,10,16H2,1-2H3,(H,31,32)/b30-15+. The lowest BCUT2D eigenvalue weighted by atomic mass is 10.2. The number of hydrogen-bond acceptors (Lipinski definition) is 5. The molecule has 0 unspecified atom stereocenters. The van der Waals surface area contributed by atoms with E-state index in [0.717, 1.165) is 26.5 Å². The molecule has 0 heterocycles. The average Bonchev–Trinajstić information content (AvgIpc) is 2.83. The van der Waals surface area contributed by atoms with E-state index in [4.69, 9.17) is 25.8 Å². The Kier molecular flexibility index (Phi) is 10.4. The summed E-state index contributed by atoms with van der Waals surface area (Å²) in [6, 6.07) is 16.3. The van der Waals surface area contributed by atoms with Crippen molar-refractivity contribution >= 4 is 55.6 Å². The van der Waals surface area contributed by atoms with Crippen molar-refractivity contribution in [3.63, 3.8) is 0 Å². The van der Waals surface area contributed by atoms with Gasteiger partial charge in [0.1, 0.15) is 12.4 Å². The Bertz CT molecular complexity index is 1180. The zero-order valence-electron chi connectivity index (χ0n) is 19.3. The van der Waals surface area contributed by atoms with Crippen LogP contribution < -0.4 is 19.6 Å². The molecule has 0 atom stereocenters. The van der Waals surface area contributed by atoms with Gasteiger partial charge in [-0.05, 0) is 98.8 Å². The fourth-order valence-electron chi connectivity index (χ4n) is 3.05. The number of nitrogens with zero attached hydrogens (tertiary/aromatic N) is 1. The van der Waals surface area contributed by atoms with Crippen LogP contribution in [0.4, 0.5) is 0 Å². The van der Waals surface area contributed by atoms with Crippen molar-refractivity contribution in [2.75, 3.05) is 13.2 Å². The lowest BCUT2D eigenvalue weighted by Gasteiger charge is -2.12. The van der Waals surface area contributed by atoms with E-state index >= 15 is 0 Å². The molecule has 3 aromatic carbocycles. The maximum Gasteiger partial charge on any atom is 0.271 e. The molecule has 3 rings (SSSR count). The minimum Gasteiger partial charge on any atom is -0.490 e. The van der Waals surface area contributed by atoms with Crippen LogP contribution in [0, 0.1) is 0 Å². The number of ether oxygens (including phenoxy) is 3. The van der Waals surface area contributed by atoms with Gasteiger partial charge in [-0.2, -0.15) is 5.10 Å². The molecule has 0 radical (unpaired) electrons. The van der Waals surface area contributed by atoms with Crippen LogP contribution in [-0.4, -0.2) is 25.3 Å². The first-order chi connectivity index (χ1) is 16.9. The topological polar surface area (TPSA) is 69.2 Å². The summed E-state index contributed by atoms with van der Waals surface area (Å²) in [6.45, 7) is 5.32. The lowest BCUT2D eigenvalue weighted by Crippen LogP contribution is -2.17. The van der Waals surface area contributed by atoms with Crippen molar-refractivity contribution < 1.29 is 19.0 Å². The third-order valence-corrected chi connectivity index (χ3v) is 6.05. The second kappa shape index (κ2) is 13.5. The summed E-state index contributed by atoms with van der Waals surface area (Å²) < 4.78 is 18.7. The second-order valence-electron chi connectivity index (χ2n) is 7.37. The number of benzene rings is 3. The van der Waals surface area contributed by atoms with Gasteiger partial charge in [0, 0.05) is 10.6 Å². The number of hydrogen-bond donors (Lipinski definition) is 1. The molecule has 184 valence electrons. The molecule has 35 heavy (non-hydrogen) atoms. The zero-order chi connectivity index (χ0) is 25.2. The quantitative estimate of drug-likeness (QED) is 0.178. The fraction of sp³-hybridized carbons (Fsp3) is 0.231. The summed E-state index contributed by atoms with van der Waals surface area (Å²) in [4.78, 5) is 12.6. The summed E-state index contributed by atoms with van der Waals surface area (Å²) in [7, 11) is 0. The largest absolute Gasteiger partial charge is 0.490 e. The molecule has 0 aromatic heterocycles. The molecule has 0 saturated heterocycles. The third-order valence-electron chi connectivity index (χ3n) is 4.64. The molecule has 1 amide bonds. The highest BCUT2D eigenvalue weighted by atomic mass is 79.9. The van der Waals surface area contributed by atoms with Crippen molar-refractivity contribution in [1.29, 1.82) is 0 Å². The predicted molar refractivity (Wildman–Crippen MR) is 146 cm³/mol. The van der Waals surface area contributed by atoms with Gasteiger partial charge in [-0.3, -0.25) is 4.79 Å². The average molecular weight is 625 g/mol. The highest BCUT2D eigenvalue weighted by Gasteiger charge is 2.12. The van der Waals surface area contributed by atoms with Gasteiger partial charge in [0.2, 0.25) is 0 Å². The monoisotopic (exact) mass is 622 g/mol. The molecule has 0 fully saturated rings. The van der Waals surface area contributed by atoms with Gasteiger partial charge in [-0.15, -0.1) is 0 Å². The van der Waals surface area contributed by atoms with Crippen LogP contribution in [0.15, 0.2) is 68.6 Å². The number of nitrogens with one attached hydrogen (secondary N) is 1. The van der Waals surface area contributed by atoms with E-state index in [1.165, 1.54) is 0 Å². The van der Waals surface area contributed by atoms with Gasteiger partial charge in [0.25, 0.3) is 5.91 Å². The zero-order valence-corrected chi connectivity index (χ0v) is 23.2. The molecule has 0 bridgehead atoms. The molecule has 0 spiro atoms. The van der Waals surface area contributed by atoms with Crippen molar-refractivity contribution in [2.45, 2.75) is 26.9 Å². The number of amides is 1. The molecule has 9 heteroatoms. The fourth-order valence-corrected chi connectivity index (χ4v) is 4.72. The Morgan fingerprint density at radius 3 is 2.46 bits per heavy atom. The number of carbonyl (C=O) groups is 1. The molecule has 0 saturated carbocycles. The molecule has 6 nitrogen and oxygen atoms in total. The highest BCUT2D eigenvalue weighted by molar-refractivity contribution is 9.11. The summed E-state index contributed by atoms with van der Waals surface area (Å²) in [5, 5.41) is 4.75. The van der Waals surface area contributed by atoms with Crippen LogP contribution >= 0.6 is 43.5 Å². The first-order valence-electron chi connectivity index (χ1n) is 11.0. The minimum absolute atomic E-state index is 0.358. The van der Waals surface area contributed by atoms with Crippen LogP contribution in [0.3, 0.4) is 0 Å².